The second-order valence-electron chi connectivity index (χ2n) is 4.03. The van der Waals surface area contributed by atoms with E-state index in [4.69, 9.17) is 4.74 Å². The Morgan fingerprint density at radius 2 is 1.76 bits per heavy atom. The topological polar surface area (TPSA) is 9.23 Å². The van der Waals surface area contributed by atoms with Crippen LogP contribution in [0.4, 0.5) is 0 Å². The number of benzene rings is 2. The van der Waals surface area contributed by atoms with Gasteiger partial charge in [-0.25, -0.2) is 0 Å². The maximum Gasteiger partial charge on any atom is 0.0828 e. The highest BCUT2D eigenvalue weighted by Gasteiger charge is 2.13. The Balaban J connectivity index is 2.57. The van der Waals surface area contributed by atoms with Crippen LogP contribution in [-0.4, -0.2) is 6.61 Å². The van der Waals surface area contributed by atoms with Crippen molar-refractivity contribution in [1.29, 1.82) is 0 Å². The van der Waals surface area contributed by atoms with Gasteiger partial charge >= 0.3 is 0 Å². The van der Waals surface area contributed by atoms with E-state index in [1.165, 1.54) is 16.3 Å². The Morgan fingerprint density at radius 3 is 2.41 bits per heavy atom. The number of halogens is 1. The van der Waals surface area contributed by atoms with E-state index in [-0.39, 0.29) is 6.10 Å². The molecule has 0 aromatic heterocycles. The first-order valence-corrected chi connectivity index (χ1v) is 6.86. The van der Waals surface area contributed by atoms with E-state index in [2.05, 4.69) is 59.3 Å². The fourth-order valence-electron chi connectivity index (χ4n) is 2.20. The third-order valence-corrected chi connectivity index (χ3v) is 3.68. The van der Waals surface area contributed by atoms with Gasteiger partial charge in [0.15, 0.2) is 0 Å². The van der Waals surface area contributed by atoms with Gasteiger partial charge in [0.1, 0.15) is 0 Å². The zero-order chi connectivity index (χ0) is 12.3. The van der Waals surface area contributed by atoms with Gasteiger partial charge in [-0.1, -0.05) is 53.2 Å². The van der Waals surface area contributed by atoms with Crippen molar-refractivity contribution in [2.75, 3.05) is 6.61 Å². The largest absolute Gasteiger partial charge is 0.374 e. The molecule has 0 heterocycles. The van der Waals surface area contributed by atoms with Gasteiger partial charge in [0.25, 0.3) is 0 Å². The molecule has 0 N–H and O–H groups in total. The van der Waals surface area contributed by atoms with Gasteiger partial charge in [-0.15, -0.1) is 0 Å². The molecule has 0 saturated heterocycles. The number of ether oxygens (including phenoxy) is 1. The average Bonchev–Trinajstić information content (AvgIpc) is 2.37. The molecular weight excluding hydrogens is 276 g/mol. The first kappa shape index (κ1) is 12.6. The van der Waals surface area contributed by atoms with Gasteiger partial charge in [-0.2, -0.15) is 0 Å². The number of fused-ring (bicyclic) bond motifs is 1. The lowest BCUT2D eigenvalue weighted by molar-refractivity contribution is 0.0608. The molecule has 90 valence electrons. The van der Waals surface area contributed by atoms with Crippen LogP contribution in [0, 0.1) is 0 Å². The Kier molecular flexibility index (Phi) is 4.19. The van der Waals surface area contributed by atoms with Crippen molar-refractivity contribution in [3.63, 3.8) is 0 Å². The predicted molar refractivity (Wildman–Crippen MR) is 76.3 cm³/mol. The van der Waals surface area contributed by atoms with Crippen LogP contribution in [0.5, 0.6) is 0 Å². The smallest absolute Gasteiger partial charge is 0.0828 e. The zero-order valence-corrected chi connectivity index (χ0v) is 11.8. The van der Waals surface area contributed by atoms with Gasteiger partial charge in [0.05, 0.1) is 6.10 Å². The van der Waals surface area contributed by atoms with Crippen molar-refractivity contribution in [1.82, 2.24) is 0 Å². The van der Waals surface area contributed by atoms with Crippen LogP contribution in [0.15, 0.2) is 40.9 Å². The molecule has 0 spiro atoms. The Morgan fingerprint density at radius 1 is 1.06 bits per heavy atom. The van der Waals surface area contributed by atoms with Gasteiger partial charge in [-0.3, -0.25) is 0 Å². The van der Waals surface area contributed by atoms with Crippen LogP contribution < -0.4 is 0 Å². The van der Waals surface area contributed by atoms with E-state index in [0.29, 0.717) is 0 Å². The lowest BCUT2D eigenvalue weighted by atomic mass is 9.99. The molecule has 0 aliphatic heterocycles. The van der Waals surface area contributed by atoms with Crippen molar-refractivity contribution >= 4 is 26.7 Å². The quantitative estimate of drug-likeness (QED) is 0.763. The molecule has 2 heteroatoms. The molecule has 2 rings (SSSR count). The lowest BCUT2D eigenvalue weighted by Gasteiger charge is -2.18. The predicted octanol–water partition coefficient (Wildman–Crippen LogP) is 5.09. The zero-order valence-electron chi connectivity index (χ0n) is 10.2. The molecule has 2 aromatic carbocycles. The maximum atomic E-state index is 5.81. The van der Waals surface area contributed by atoms with Crippen LogP contribution in [0.2, 0.25) is 0 Å². The van der Waals surface area contributed by atoms with Crippen LogP contribution in [0.25, 0.3) is 10.8 Å². The molecule has 1 nitrogen and oxygen atoms in total. The van der Waals surface area contributed by atoms with E-state index in [1.807, 2.05) is 6.92 Å². The molecule has 0 unspecified atom stereocenters. The molecule has 0 saturated carbocycles. The van der Waals surface area contributed by atoms with Crippen molar-refractivity contribution in [2.45, 2.75) is 26.4 Å². The molecule has 1 atom stereocenters. The normalized spacial score (nSPS) is 12.9. The summed E-state index contributed by atoms with van der Waals surface area (Å²) in [4.78, 5) is 0. The monoisotopic (exact) mass is 292 g/mol. The van der Waals surface area contributed by atoms with Crippen molar-refractivity contribution in [3.05, 3.63) is 46.4 Å². The minimum absolute atomic E-state index is 0.193. The molecule has 0 bridgehead atoms. The van der Waals surface area contributed by atoms with Crippen LogP contribution in [0.1, 0.15) is 31.9 Å². The first-order chi connectivity index (χ1) is 8.27. The second-order valence-corrected chi connectivity index (χ2v) is 4.89. The van der Waals surface area contributed by atoms with Crippen LogP contribution in [-0.2, 0) is 4.74 Å². The summed E-state index contributed by atoms with van der Waals surface area (Å²) in [6.45, 7) is 4.96. The second kappa shape index (κ2) is 5.65. The summed E-state index contributed by atoms with van der Waals surface area (Å²) in [5.74, 6) is 0. The van der Waals surface area contributed by atoms with Crippen molar-refractivity contribution in [2.24, 2.45) is 0 Å². The van der Waals surface area contributed by atoms with E-state index in [0.717, 1.165) is 17.5 Å². The minimum Gasteiger partial charge on any atom is -0.374 e. The van der Waals surface area contributed by atoms with Crippen molar-refractivity contribution in [3.8, 4) is 0 Å². The summed E-state index contributed by atoms with van der Waals surface area (Å²) in [6.07, 6.45) is 1.19. The molecule has 0 aliphatic rings. The van der Waals surface area contributed by atoms with Gasteiger partial charge < -0.3 is 4.74 Å². The van der Waals surface area contributed by atoms with E-state index in [9.17, 15) is 0 Å². The maximum absolute atomic E-state index is 5.81. The standard InChI is InChI=1S/C15H17BrO/c1-3-15(17-4-2)13-9-10-14(16)12-8-6-5-7-11(12)13/h5-10,15H,3-4H2,1-2H3/t15-/m0/s1. The summed E-state index contributed by atoms with van der Waals surface area (Å²) >= 11 is 3.60. The fraction of sp³-hybridized carbons (Fsp3) is 0.333. The lowest BCUT2D eigenvalue weighted by Crippen LogP contribution is -2.03. The third-order valence-electron chi connectivity index (χ3n) is 2.99. The van der Waals surface area contributed by atoms with Gasteiger partial charge in [-0.05, 0) is 35.7 Å². The van der Waals surface area contributed by atoms with Gasteiger partial charge in [0.2, 0.25) is 0 Å². The van der Waals surface area contributed by atoms with Gasteiger partial charge in [0, 0.05) is 11.1 Å². The van der Waals surface area contributed by atoms with Crippen LogP contribution in [0.3, 0.4) is 0 Å². The molecule has 0 radical (unpaired) electrons. The summed E-state index contributed by atoms with van der Waals surface area (Å²) in [6, 6.07) is 12.7. The van der Waals surface area contributed by atoms with E-state index in [1.54, 1.807) is 0 Å². The van der Waals surface area contributed by atoms with E-state index >= 15 is 0 Å². The van der Waals surface area contributed by atoms with E-state index < -0.39 is 0 Å². The molecule has 17 heavy (non-hydrogen) atoms. The Bertz CT molecular complexity index is 507. The average molecular weight is 293 g/mol. The highest BCUT2D eigenvalue weighted by molar-refractivity contribution is 9.10. The molecule has 0 fully saturated rings. The Hall–Kier alpha value is -0.860. The number of hydrogen-bond donors (Lipinski definition) is 0. The highest BCUT2D eigenvalue weighted by atomic mass is 79.9. The fourth-order valence-corrected chi connectivity index (χ4v) is 2.67. The SMILES string of the molecule is CCO[C@@H](CC)c1ccc(Br)c2ccccc12. The van der Waals surface area contributed by atoms with Crippen molar-refractivity contribution < 1.29 is 4.74 Å². The molecular formula is C15H17BrO. The summed E-state index contributed by atoms with van der Waals surface area (Å²) < 4.78 is 6.95. The van der Waals surface area contributed by atoms with Crippen LogP contribution >= 0.6 is 15.9 Å². The number of hydrogen-bond acceptors (Lipinski definition) is 1. The highest BCUT2D eigenvalue weighted by Crippen LogP contribution is 2.32. The minimum atomic E-state index is 0.193. The first-order valence-electron chi connectivity index (χ1n) is 6.06. The summed E-state index contributed by atoms with van der Waals surface area (Å²) in [5, 5.41) is 2.53. The summed E-state index contributed by atoms with van der Waals surface area (Å²) in [5.41, 5.74) is 1.29. The molecule has 2 aromatic rings. The molecule has 0 amide bonds. The molecule has 0 aliphatic carbocycles. The summed E-state index contributed by atoms with van der Waals surface area (Å²) in [7, 11) is 0. The third kappa shape index (κ3) is 2.53. The number of rotatable bonds is 4. The Labute approximate surface area is 111 Å².